The van der Waals surface area contributed by atoms with E-state index in [0.29, 0.717) is 11.3 Å². The standard InChI is InChI=1S/C40H58/c1-32(2)18-13-21-35(5)24-15-26-36(6)25-14-22-33(3)19-11-12-20-34(4)23-16-27-37(7)29-30-39-38(8)28-17-31-40(39,9)10/h11-12,14-16,18-20,22-23,25-30,35,39H,13,17,21,24,31H2,1-10H3/b12-11+,22-14+,23-16+,26-15-,30-29+,33-19+,34-20+,36-25+,37-27+. The molecule has 0 heterocycles. The molecule has 0 amide bonds. The summed E-state index contributed by atoms with van der Waals surface area (Å²) in [7, 11) is 0. The Kier molecular flexibility index (Phi) is 16.9. The number of rotatable bonds is 14. The summed E-state index contributed by atoms with van der Waals surface area (Å²) in [5.41, 5.74) is 8.30. The quantitative estimate of drug-likeness (QED) is 0.152. The van der Waals surface area contributed by atoms with Gasteiger partial charge in [-0.1, -0.05) is 151 Å². The van der Waals surface area contributed by atoms with Crippen LogP contribution in [-0.2, 0) is 0 Å². The first kappa shape index (κ1) is 35.2. The fourth-order valence-corrected chi connectivity index (χ4v) is 4.83. The van der Waals surface area contributed by atoms with Gasteiger partial charge in [-0.2, -0.15) is 0 Å². The molecule has 0 heteroatoms. The minimum Gasteiger partial charge on any atom is -0.0859 e. The molecular weight excluding hydrogens is 480 g/mol. The van der Waals surface area contributed by atoms with Gasteiger partial charge < -0.3 is 0 Å². The first-order valence-corrected chi connectivity index (χ1v) is 15.3. The van der Waals surface area contributed by atoms with Crippen molar-refractivity contribution in [3.05, 3.63) is 131 Å². The van der Waals surface area contributed by atoms with Crippen molar-refractivity contribution in [1.82, 2.24) is 0 Å². The molecule has 1 aliphatic carbocycles. The Labute approximate surface area is 248 Å². The van der Waals surface area contributed by atoms with Crippen LogP contribution in [0.15, 0.2) is 131 Å². The second-order valence-corrected chi connectivity index (χ2v) is 12.7. The summed E-state index contributed by atoms with van der Waals surface area (Å²) in [5, 5.41) is 0. The third-order valence-electron chi connectivity index (χ3n) is 7.54. The van der Waals surface area contributed by atoms with Crippen LogP contribution in [-0.4, -0.2) is 0 Å². The van der Waals surface area contributed by atoms with Gasteiger partial charge in [-0.3, -0.25) is 0 Å². The van der Waals surface area contributed by atoms with E-state index in [2.05, 4.69) is 166 Å². The molecule has 40 heavy (non-hydrogen) atoms. The maximum atomic E-state index is 2.40. The molecule has 0 saturated carbocycles. The van der Waals surface area contributed by atoms with E-state index in [0.717, 1.165) is 12.3 Å². The highest BCUT2D eigenvalue weighted by molar-refractivity contribution is 5.32. The Bertz CT molecular complexity index is 1100. The van der Waals surface area contributed by atoms with Crippen molar-refractivity contribution >= 4 is 0 Å². The van der Waals surface area contributed by atoms with Crippen molar-refractivity contribution in [3.63, 3.8) is 0 Å². The van der Waals surface area contributed by atoms with Crippen molar-refractivity contribution in [2.24, 2.45) is 17.3 Å². The first-order valence-electron chi connectivity index (χ1n) is 15.3. The van der Waals surface area contributed by atoms with Gasteiger partial charge in [-0.15, -0.1) is 0 Å². The van der Waals surface area contributed by atoms with E-state index in [1.54, 1.807) is 0 Å². The van der Waals surface area contributed by atoms with Crippen LogP contribution in [0.25, 0.3) is 0 Å². The molecular formula is C40H58. The number of hydrogen-bond donors (Lipinski definition) is 0. The van der Waals surface area contributed by atoms with Gasteiger partial charge in [-0.25, -0.2) is 0 Å². The molecule has 0 nitrogen and oxygen atoms in total. The lowest BCUT2D eigenvalue weighted by atomic mass is 9.68. The fourth-order valence-electron chi connectivity index (χ4n) is 4.83. The summed E-state index contributed by atoms with van der Waals surface area (Å²) in [6.07, 6.45) is 41.5. The number of allylic oxidation sites excluding steroid dienone is 22. The maximum Gasteiger partial charge on any atom is 0.00285 e. The molecule has 0 N–H and O–H groups in total. The largest absolute Gasteiger partial charge is 0.0859 e. The van der Waals surface area contributed by atoms with Gasteiger partial charge in [0, 0.05) is 5.92 Å². The number of hydrogen-bond acceptors (Lipinski definition) is 0. The maximum absolute atomic E-state index is 2.40. The molecule has 2 unspecified atom stereocenters. The summed E-state index contributed by atoms with van der Waals surface area (Å²) in [5.74, 6) is 1.26. The topological polar surface area (TPSA) is 0 Å². The van der Waals surface area contributed by atoms with Gasteiger partial charge in [-0.05, 0) is 91.9 Å². The lowest BCUT2D eigenvalue weighted by Gasteiger charge is -2.36. The monoisotopic (exact) mass is 538 g/mol. The summed E-state index contributed by atoms with van der Waals surface area (Å²) in [6.45, 7) is 22.4. The average molecular weight is 539 g/mol. The highest BCUT2D eigenvalue weighted by Gasteiger charge is 2.30. The predicted molar refractivity (Wildman–Crippen MR) is 183 cm³/mol. The first-order chi connectivity index (χ1) is 18.9. The van der Waals surface area contributed by atoms with E-state index in [-0.39, 0.29) is 0 Å². The van der Waals surface area contributed by atoms with Crippen LogP contribution in [0.1, 0.15) is 101 Å². The van der Waals surface area contributed by atoms with Crippen LogP contribution >= 0.6 is 0 Å². The predicted octanol–water partition coefficient (Wildman–Crippen LogP) is 12.7. The van der Waals surface area contributed by atoms with Crippen molar-refractivity contribution in [1.29, 1.82) is 0 Å². The SMILES string of the molecule is CC(C)=CCCC(C)C\C=C/C(C)=C/C=C/C(C)=C/C=C/C=C(C)/C=C/C=C(C)/C=C/C1C(C)=CCCC1(C)C. The van der Waals surface area contributed by atoms with E-state index in [9.17, 15) is 0 Å². The van der Waals surface area contributed by atoms with Crippen LogP contribution in [0, 0.1) is 17.3 Å². The van der Waals surface area contributed by atoms with Crippen LogP contribution < -0.4 is 0 Å². The fraction of sp³-hybridized carbons (Fsp3) is 0.450. The minimum absolute atomic E-state index is 0.344. The van der Waals surface area contributed by atoms with Gasteiger partial charge >= 0.3 is 0 Å². The van der Waals surface area contributed by atoms with Gasteiger partial charge in [0.05, 0.1) is 0 Å². The summed E-state index contributed by atoms with van der Waals surface area (Å²) >= 11 is 0. The highest BCUT2D eigenvalue weighted by Crippen LogP contribution is 2.41. The van der Waals surface area contributed by atoms with Gasteiger partial charge in [0.15, 0.2) is 0 Å². The van der Waals surface area contributed by atoms with Crippen molar-refractivity contribution in [2.75, 3.05) is 0 Å². The molecule has 0 fully saturated rings. The highest BCUT2D eigenvalue weighted by atomic mass is 14.3. The Balaban J connectivity index is 2.52. The normalized spacial score (nSPS) is 20.4. The van der Waals surface area contributed by atoms with E-state index >= 15 is 0 Å². The van der Waals surface area contributed by atoms with E-state index in [1.807, 2.05) is 0 Å². The Hall–Kier alpha value is -2.86. The van der Waals surface area contributed by atoms with E-state index < -0.39 is 0 Å². The van der Waals surface area contributed by atoms with Gasteiger partial charge in [0.25, 0.3) is 0 Å². The average Bonchev–Trinajstić information content (AvgIpc) is 2.85. The Morgan fingerprint density at radius 3 is 1.88 bits per heavy atom. The molecule has 0 bridgehead atoms. The molecule has 0 aromatic carbocycles. The summed E-state index contributed by atoms with van der Waals surface area (Å²) < 4.78 is 0. The third kappa shape index (κ3) is 16.3. The van der Waals surface area contributed by atoms with Crippen molar-refractivity contribution < 1.29 is 0 Å². The van der Waals surface area contributed by atoms with Crippen molar-refractivity contribution in [3.8, 4) is 0 Å². The van der Waals surface area contributed by atoms with Crippen LogP contribution in [0.3, 0.4) is 0 Å². The van der Waals surface area contributed by atoms with Gasteiger partial charge in [0.2, 0.25) is 0 Å². The summed E-state index contributed by atoms with van der Waals surface area (Å²) in [6, 6.07) is 0. The second kappa shape index (κ2) is 19.3. The zero-order valence-electron chi connectivity index (χ0n) is 27.4. The smallest absolute Gasteiger partial charge is 0.00285 e. The minimum atomic E-state index is 0.344. The van der Waals surface area contributed by atoms with E-state index in [1.165, 1.54) is 59.1 Å². The molecule has 1 aliphatic rings. The molecule has 0 radical (unpaired) electrons. The van der Waals surface area contributed by atoms with Gasteiger partial charge in [0.1, 0.15) is 0 Å². The molecule has 0 spiro atoms. The molecule has 0 aromatic rings. The third-order valence-corrected chi connectivity index (χ3v) is 7.54. The lowest BCUT2D eigenvalue weighted by molar-refractivity contribution is 0.255. The molecule has 1 rings (SSSR count). The zero-order chi connectivity index (χ0) is 30.0. The molecule has 0 saturated heterocycles. The molecule has 2 atom stereocenters. The van der Waals surface area contributed by atoms with Crippen LogP contribution in [0.4, 0.5) is 0 Å². The lowest BCUT2D eigenvalue weighted by Crippen LogP contribution is -2.26. The van der Waals surface area contributed by atoms with Crippen LogP contribution in [0.2, 0.25) is 0 Å². The Morgan fingerprint density at radius 2 is 1.32 bits per heavy atom. The summed E-state index contributed by atoms with van der Waals surface area (Å²) in [4.78, 5) is 0. The Morgan fingerprint density at radius 1 is 0.800 bits per heavy atom. The zero-order valence-corrected chi connectivity index (χ0v) is 27.4. The van der Waals surface area contributed by atoms with Crippen molar-refractivity contribution in [2.45, 2.75) is 101 Å². The molecule has 0 aliphatic heterocycles. The second-order valence-electron chi connectivity index (χ2n) is 12.7. The molecule has 0 aromatic heterocycles. The van der Waals surface area contributed by atoms with Crippen LogP contribution in [0.5, 0.6) is 0 Å². The van der Waals surface area contributed by atoms with E-state index in [4.69, 9.17) is 0 Å². The molecule has 218 valence electrons.